The lowest BCUT2D eigenvalue weighted by atomic mass is 10.2. The quantitative estimate of drug-likeness (QED) is 0.421. The summed E-state index contributed by atoms with van der Waals surface area (Å²) < 4.78 is 10.3. The van der Waals surface area contributed by atoms with Crippen molar-refractivity contribution in [3.8, 4) is 5.75 Å². The topological polar surface area (TPSA) is 62.9 Å². The number of ether oxygens (including phenoxy) is 1. The molecule has 0 aliphatic heterocycles. The Morgan fingerprint density at radius 3 is 2.79 bits per heavy atom. The number of hydrogen-bond acceptors (Lipinski definition) is 4. The number of rotatable bonds is 6. The van der Waals surface area contributed by atoms with Crippen LogP contribution in [0.3, 0.4) is 0 Å². The van der Waals surface area contributed by atoms with E-state index in [0.29, 0.717) is 6.54 Å². The normalized spacial score (nSPS) is 10.9. The van der Waals surface area contributed by atoms with Crippen LogP contribution in [0.1, 0.15) is 23.9 Å². The number of halogens is 1. The van der Waals surface area contributed by atoms with Crippen molar-refractivity contribution >= 4 is 29.9 Å². The maximum absolute atomic E-state index is 5.27. The van der Waals surface area contributed by atoms with E-state index in [1.54, 1.807) is 7.11 Å². The third-order valence-corrected chi connectivity index (χ3v) is 3.32. The monoisotopic (exact) mass is 444 g/mol. The van der Waals surface area contributed by atoms with E-state index in [4.69, 9.17) is 9.26 Å². The summed E-state index contributed by atoms with van der Waals surface area (Å²) >= 11 is 0. The SMILES string of the molecule is CCNC(=NCc1cc(C)on1)N(C)Cc1cccc(OC)c1.I. The van der Waals surface area contributed by atoms with Gasteiger partial charge in [0.1, 0.15) is 17.2 Å². The Morgan fingerprint density at radius 2 is 2.17 bits per heavy atom. The van der Waals surface area contributed by atoms with Crippen molar-refractivity contribution < 1.29 is 9.26 Å². The molecule has 1 aromatic carbocycles. The molecule has 1 heterocycles. The number of aryl methyl sites for hydroxylation is 1. The fourth-order valence-electron chi connectivity index (χ4n) is 2.24. The Kier molecular flexibility index (Phi) is 8.59. The van der Waals surface area contributed by atoms with E-state index in [2.05, 4.69) is 33.4 Å². The van der Waals surface area contributed by atoms with Crippen LogP contribution < -0.4 is 10.1 Å². The van der Waals surface area contributed by atoms with Crippen LogP contribution in [0, 0.1) is 6.92 Å². The molecule has 0 amide bonds. The molecule has 0 radical (unpaired) electrons. The standard InChI is InChI=1S/C17H24N4O2.HI/c1-5-18-17(19-11-15-9-13(2)23-20-15)21(3)12-14-7-6-8-16(10-14)22-4;/h6-10H,5,11-12H2,1-4H3,(H,18,19);1H. The van der Waals surface area contributed by atoms with Crippen molar-refractivity contribution in [2.75, 3.05) is 20.7 Å². The van der Waals surface area contributed by atoms with Gasteiger partial charge in [-0.25, -0.2) is 4.99 Å². The predicted octanol–water partition coefficient (Wildman–Crippen LogP) is 3.21. The van der Waals surface area contributed by atoms with Crippen LogP contribution in [-0.2, 0) is 13.1 Å². The van der Waals surface area contributed by atoms with E-state index >= 15 is 0 Å². The van der Waals surface area contributed by atoms with Crippen LogP contribution in [0.4, 0.5) is 0 Å². The summed E-state index contributed by atoms with van der Waals surface area (Å²) in [4.78, 5) is 6.69. The summed E-state index contributed by atoms with van der Waals surface area (Å²) in [6, 6.07) is 9.93. The zero-order valence-electron chi connectivity index (χ0n) is 14.6. The van der Waals surface area contributed by atoms with Gasteiger partial charge in [-0.05, 0) is 31.5 Å². The van der Waals surface area contributed by atoms with Gasteiger partial charge in [0.25, 0.3) is 0 Å². The number of hydrogen-bond donors (Lipinski definition) is 1. The first kappa shape index (κ1) is 20.3. The van der Waals surface area contributed by atoms with E-state index < -0.39 is 0 Å². The maximum Gasteiger partial charge on any atom is 0.194 e. The summed E-state index contributed by atoms with van der Waals surface area (Å²) in [7, 11) is 3.68. The van der Waals surface area contributed by atoms with Gasteiger partial charge in [0.05, 0.1) is 13.7 Å². The molecular weight excluding hydrogens is 419 g/mol. The van der Waals surface area contributed by atoms with Gasteiger partial charge >= 0.3 is 0 Å². The van der Waals surface area contributed by atoms with Gasteiger partial charge in [-0.2, -0.15) is 0 Å². The van der Waals surface area contributed by atoms with Crippen LogP contribution in [-0.4, -0.2) is 36.7 Å². The highest BCUT2D eigenvalue weighted by Crippen LogP contribution is 2.14. The van der Waals surface area contributed by atoms with Crippen molar-refractivity contribution in [2.24, 2.45) is 4.99 Å². The number of methoxy groups -OCH3 is 1. The molecule has 1 aromatic heterocycles. The second-order valence-corrected chi connectivity index (χ2v) is 5.31. The molecule has 0 atom stereocenters. The summed E-state index contributed by atoms with van der Waals surface area (Å²) in [6.45, 7) is 5.96. The number of aromatic nitrogens is 1. The molecule has 0 saturated carbocycles. The highest BCUT2D eigenvalue weighted by molar-refractivity contribution is 14.0. The highest BCUT2D eigenvalue weighted by Gasteiger charge is 2.08. The number of nitrogens with one attached hydrogen (secondary N) is 1. The van der Waals surface area contributed by atoms with Crippen molar-refractivity contribution in [1.82, 2.24) is 15.4 Å². The smallest absolute Gasteiger partial charge is 0.194 e. The molecule has 0 unspecified atom stereocenters. The Morgan fingerprint density at radius 1 is 1.38 bits per heavy atom. The predicted molar refractivity (Wildman–Crippen MR) is 106 cm³/mol. The molecule has 0 aliphatic rings. The molecular formula is C17H25IN4O2. The van der Waals surface area contributed by atoms with Crippen molar-refractivity contribution in [1.29, 1.82) is 0 Å². The van der Waals surface area contributed by atoms with Crippen molar-refractivity contribution in [2.45, 2.75) is 26.9 Å². The van der Waals surface area contributed by atoms with E-state index in [1.807, 2.05) is 38.2 Å². The molecule has 2 rings (SSSR count). The minimum Gasteiger partial charge on any atom is -0.497 e. The minimum absolute atomic E-state index is 0. The maximum atomic E-state index is 5.27. The van der Waals surface area contributed by atoms with Crippen molar-refractivity contribution in [3.63, 3.8) is 0 Å². The van der Waals surface area contributed by atoms with Gasteiger partial charge in [-0.15, -0.1) is 24.0 Å². The van der Waals surface area contributed by atoms with E-state index in [-0.39, 0.29) is 24.0 Å². The van der Waals surface area contributed by atoms with Crippen LogP contribution >= 0.6 is 24.0 Å². The Bertz CT molecular complexity index is 658. The zero-order chi connectivity index (χ0) is 16.7. The molecule has 6 nitrogen and oxygen atoms in total. The third-order valence-electron chi connectivity index (χ3n) is 3.32. The molecule has 2 aromatic rings. The molecule has 1 N–H and O–H groups in total. The number of aliphatic imine (C=N–C) groups is 1. The second-order valence-electron chi connectivity index (χ2n) is 5.31. The van der Waals surface area contributed by atoms with E-state index in [9.17, 15) is 0 Å². The Labute approximate surface area is 160 Å². The fraction of sp³-hybridized carbons (Fsp3) is 0.412. The molecule has 0 bridgehead atoms. The largest absolute Gasteiger partial charge is 0.497 e. The zero-order valence-corrected chi connectivity index (χ0v) is 16.9. The average Bonchev–Trinajstić information content (AvgIpc) is 2.97. The van der Waals surface area contributed by atoms with E-state index in [1.165, 1.54) is 0 Å². The molecule has 132 valence electrons. The van der Waals surface area contributed by atoms with Gasteiger partial charge < -0.3 is 19.5 Å². The molecule has 0 aliphatic carbocycles. The average molecular weight is 444 g/mol. The summed E-state index contributed by atoms with van der Waals surface area (Å²) in [6.07, 6.45) is 0. The van der Waals surface area contributed by atoms with Crippen LogP contribution in [0.25, 0.3) is 0 Å². The minimum atomic E-state index is 0. The van der Waals surface area contributed by atoms with Crippen LogP contribution in [0.15, 0.2) is 39.8 Å². The third kappa shape index (κ3) is 6.03. The summed E-state index contributed by atoms with van der Waals surface area (Å²) in [5.41, 5.74) is 1.99. The molecule has 0 fully saturated rings. The van der Waals surface area contributed by atoms with E-state index in [0.717, 1.165) is 41.8 Å². The molecule has 24 heavy (non-hydrogen) atoms. The summed E-state index contributed by atoms with van der Waals surface area (Å²) in [5, 5.41) is 7.26. The van der Waals surface area contributed by atoms with Gasteiger partial charge in [0.15, 0.2) is 5.96 Å². The molecule has 0 saturated heterocycles. The lowest BCUT2D eigenvalue weighted by molar-refractivity contribution is 0.390. The summed E-state index contributed by atoms with van der Waals surface area (Å²) in [5.74, 6) is 2.48. The Balaban J connectivity index is 0.00000288. The van der Waals surface area contributed by atoms with Crippen LogP contribution in [0.5, 0.6) is 5.75 Å². The van der Waals surface area contributed by atoms with Gasteiger partial charge in [0, 0.05) is 26.2 Å². The highest BCUT2D eigenvalue weighted by atomic mass is 127. The van der Waals surface area contributed by atoms with Crippen molar-refractivity contribution in [3.05, 3.63) is 47.3 Å². The second kappa shape index (κ2) is 10.2. The Hall–Kier alpha value is -1.77. The molecule has 0 spiro atoms. The number of nitrogens with zero attached hydrogens (tertiary/aromatic N) is 3. The lowest BCUT2D eigenvalue weighted by Gasteiger charge is -2.22. The first-order chi connectivity index (χ1) is 11.1. The first-order valence-electron chi connectivity index (χ1n) is 7.67. The number of benzene rings is 1. The van der Waals surface area contributed by atoms with Gasteiger partial charge in [-0.3, -0.25) is 0 Å². The van der Waals surface area contributed by atoms with Crippen LogP contribution in [0.2, 0.25) is 0 Å². The molecule has 7 heteroatoms. The lowest BCUT2D eigenvalue weighted by Crippen LogP contribution is -2.38. The van der Waals surface area contributed by atoms with Gasteiger partial charge in [-0.1, -0.05) is 17.3 Å². The van der Waals surface area contributed by atoms with Gasteiger partial charge in [0.2, 0.25) is 0 Å². The fourth-order valence-corrected chi connectivity index (χ4v) is 2.24. The first-order valence-corrected chi connectivity index (χ1v) is 7.67. The number of guanidine groups is 1.